The molecule has 3 aromatic carbocycles. The zero-order valence-corrected chi connectivity index (χ0v) is 15.5. The highest BCUT2D eigenvalue weighted by Crippen LogP contribution is 2.34. The second-order valence-corrected chi connectivity index (χ2v) is 7.67. The van der Waals surface area contributed by atoms with Crippen LogP contribution in [0.1, 0.15) is 0 Å². The number of aromatic nitrogens is 1. The van der Waals surface area contributed by atoms with Gasteiger partial charge in [-0.3, -0.25) is 4.57 Å². The van der Waals surface area contributed by atoms with Crippen LogP contribution in [0.4, 0.5) is 0 Å². The van der Waals surface area contributed by atoms with E-state index in [0.717, 1.165) is 20.9 Å². The minimum Gasteiger partial charge on any atom is -0.291 e. The van der Waals surface area contributed by atoms with Crippen molar-refractivity contribution in [2.75, 3.05) is 0 Å². The molecular weight excluding hydrogens is 377 g/mol. The summed E-state index contributed by atoms with van der Waals surface area (Å²) in [5.41, 5.74) is 3.12. The lowest BCUT2D eigenvalue weighted by Gasteiger charge is -2.12. The van der Waals surface area contributed by atoms with E-state index >= 15 is 0 Å². The Hall–Kier alpha value is -1.65. The van der Waals surface area contributed by atoms with E-state index in [2.05, 4.69) is 41.8 Å². The third-order valence-electron chi connectivity index (χ3n) is 3.92. The normalized spacial score (nSPS) is 11.1. The Bertz CT molecular complexity index is 1110. The van der Waals surface area contributed by atoms with Crippen molar-refractivity contribution >= 4 is 57.5 Å². The van der Waals surface area contributed by atoms with Gasteiger partial charge in [0.2, 0.25) is 0 Å². The van der Waals surface area contributed by atoms with Gasteiger partial charge in [-0.1, -0.05) is 65.7 Å². The third kappa shape index (κ3) is 2.68. The molecule has 0 saturated heterocycles. The predicted molar refractivity (Wildman–Crippen MR) is 107 cm³/mol. The van der Waals surface area contributed by atoms with Crippen molar-refractivity contribution in [1.29, 1.82) is 0 Å². The van der Waals surface area contributed by atoms with Crippen molar-refractivity contribution in [3.05, 3.63) is 80.0 Å². The van der Waals surface area contributed by atoms with Gasteiger partial charge >= 0.3 is 0 Å². The van der Waals surface area contributed by atoms with Crippen molar-refractivity contribution in [3.63, 3.8) is 0 Å². The fourth-order valence-electron chi connectivity index (χ4n) is 2.81. The standard InChI is InChI=1S/C19H11Cl2NS2/c20-16-9-8-13(10-17(16)21)22-18(11-24-19(22)23)15-7-3-5-12-4-1-2-6-14(12)15/h1-11H. The van der Waals surface area contributed by atoms with Crippen molar-refractivity contribution in [1.82, 2.24) is 4.57 Å². The summed E-state index contributed by atoms with van der Waals surface area (Å²) in [5.74, 6) is 0. The molecule has 0 atom stereocenters. The summed E-state index contributed by atoms with van der Waals surface area (Å²) in [6.45, 7) is 0. The number of fused-ring (bicyclic) bond motifs is 1. The van der Waals surface area contributed by atoms with Gasteiger partial charge in [-0.25, -0.2) is 0 Å². The Morgan fingerprint density at radius 1 is 0.875 bits per heavy atom. The number of benzene rings is 3. The Balaban J connectivity index is 2.01. The van der Waals surface area contributed by atoms with Crippen molar-refractivity contribution in [3.8, 4) is 16.9 Å². The van der Waals surface area contributed by atoms with E-state index in [-0.39, 0.29) is 0 Å². The van der Waals surface area contributed by atoms with E-state index in [1.165, 1.54) is 10.8 Å². The van der Waals surface area contributed by atoms with E-state index in [1.807, 2.05) is 22.8 Å². The molecule has 4 rings (SSSR count). The summed E-state index contributed by atoms with van der Waals surface area (Å²) >= 11 is 19.4. The number of halogens is 2. The molecule has 0 aliphatic carbocycles. The zero-order chi connectivity index (χ0) is 16.7. The number of nitrogens with zero attached hydrogens (tertiary/aromatic N) is 1. The summed E-state index contributed by atoms with van der Waals surface area (Å²) in [7, 11) is 0. The van der Waals surface area contributed by atoms with Gasteiger partial charge in [-0.05, 0) is 41.2 Å². The first-order valence-corrected chi connectivity index (χ1v) is 9.33. The third-order valence-corrected chi connectivity index (χ3v) is 5.86. The van der Waals surface area contributed by atoms with E-state index in [0.29, 0.717) is 10.0 Å². The number of rotatable bonds is 2. The van der Waals surface area contributed by atoms with Crippen molar-refractivity contribution in [2.45, 2.75) is 0 Å². The molecule has 0 radical (unpaired) electrons. The quantitative estimate of drug-likeness (QED) is 0.324. The van der Waals surface area contributed by atoms with E-state index in [9.17, 15) is 0 Å². The first-order chi connectivity index (χ1) is 11.6. The molecule has 0 spiro atoms. The molecule has 1 nitrogen and oxygen atoms in total. The lowest BCUT2D eigenvalue weighted by molar-refractivity contribution is 1.08. The van der Waals surface area contributed by atoms with Gasteiger partial charge in [-0.2, -0.15) is 0 Å². The van der Waals surface area contributed by atoms with Crippen LogP contribution in [0.15, 0.2) is 66.0 Å². The summed E-state index contributed by atoms with van der Waals surface area (Å²) < 4.78 is 2.82. The zero-order valence-electron chi connectivity index (χ0n) is 12.4. The molecule has 0 saturated carbocycles. The van der Waals surface area contributed by atoms with Crippen LogP contribution in [-0.2, 0) is 0 Å². The minimum absolute atomic E-state index is 0.520. The monoisotopic (exact) mass is 387 g/mol. The average Bonchev–Trinajstić information content (AvgIpc) is 2.98. The average molecular weight is 388 g/mol. The predicted octanol–water partition coefficient (Wildman–Crippen LogP) is 7.40. The van der Waals surface area contributed by atoms with E-state index in [4.69, 9.17) is 35.4 Å². The maximum atomic E-state index is 6.20. The summed E-state index contributed by atoms with van der Waals surface area (Å²) in [4.78, 5) is 0. The fraction of sp³-hybridized carbons (Fsp3) is 0. The van der Waals surface area contributed by atoms with E-state index in [1.54, 1.807) is 17.4 Å². The molecule has 4 aromatic rings. The van der Waals surface area contributed by atoms with Crippen LogP contribution >= 0.6 is 46.8 Å². The van der Waals surface area contributed by atoms with Crippen LogP contribution in [0.25, 0.3) is 27.7 Å². The van der Waals surface area contributed by atoms with Gasteiger partial charge in [-0.15, -0.1) is 11.3 Å². The maximum absolute atomic E-state index is 6.20. The van der Waals surface area contributed by atoms with Crippen molar-refractivity contribution < 1.29 is 0 Å². The van der Waals surface area contributed by atoms with Gasteiger partial charge in [0.25, 0.3) is 0 Å². The van der Waals surface area contributed by atoms with Gasteiger partial charge in [0.1, 0.15) is 0 Å². The largest absolute Gasteiger partial charge is 0.291 e. The van der Waals surface area contributed by atoms with Crippen LogP contribution in [0, 0.1) is 3.95 Å². The topological polar surface area (TPSA) is 4.93 Å². The molecule has 5 heteroatoms. The molecule has 0 amide bonds. The maximum Gasteiger partial charge on any atom is 0.166 e. The summed E-state index contributed by atoms with van der Waals surface area (Å²) in [5, 5.41) is 5.54. The van der Waals surface area contributed by atoms with E-state index < -0.39 is 0 Å². The smallest absolute Gasteiger partial charge is 0.166 e. The second-order valence-electron chi connectivity index (χ2n) is 5.35. The lowest BCUT2D eigenvalue weighted by Crippen LogP contribution is -1.97. The first kappa shape index (κ1) is 15.9. The molecule has 0 bridgehead atoms. The molecular formula is C19H11Cl2NS2. The van der Waals surface area contributed by atoms with Crippen LogP contribution in [-0.4, -0.2) is 4.57 Å². The minimum atomic E-state index is 0.520. The highest BCUT2D eigenvalue weighted by molar-refractivity contribution is 7.73. The molecule has 0 aliphatic heterocycles. The van der Waals surface area contributed by atoms with Gasteiger partial charge < -0.3 is 0 Å². The molecule has 24 heavy (non-hydrogen) atoms. The SMILES string of the molecule is S=c1scc(-c2cccc3ccccc23)n1-c1ccc(Cl)c(Cl)c1. The molecule has 0 unspecified atom stereocenters. The van der Waals surface area contributed by atoms with Gasteiger partial charge in [0.05, 0.1) is 15.7 Å². The van der Waals surface area contributed by atoms with Gasteiger partial charge in [0.15, 0.2) is 3.95 Å². The Kier molecular flexibility index (Phi) is 4.19. The number of hydrogen-bond acceptors (Lipinski definition) is 2. The van der Waals surface area contributed by atoms with Crippen LogP contribution in [0.5, 0.6) is 0 Å². The molecule has 0 fully saturated rings. The fourth-order valence-corrected chi connectivity index (χ4v) is 4.21. The molecule has 1 aromatic heterocycles. The highest BCUT2D eigenvalue weighted by atomic mass is 35.5. The molecule has 118 valence electrons. The second kappa shape index (κ2) is 6.34. The molecule has 0 N–H and O–H groups in total. The number of thiazole rings is 1. The Morgan fingerprint density at radius 3 is 2.50 bits per heavy atom. The van der Waals surface area contributed by atoms with Crippen LogP contribution < -0.4 is 0 Å². The Morgan fingerprint density at radius 2 is 1.67 bits per heavy atom. The van der Waals surface area contributed by atoms with Gasteiger partial charge in [0, 0.05) is 16.6 Å². The first-order valence-electron chi connectivity index (χ1n) is 7.29. The summed E-state index contributed by atoms with van der Waals surface area (Å²) in [6, 6.07) is 20.2. The summed E-state index contributed by atoms with van der Waals surface area (Å²) in [6.07, 6.45) is 0. The van der Waals surface area contributed by atoms with Crippen molar-refractivity contribution in [2.24, 2.45) is 0 Å². The van der Waals surface area contributed by atoms with Crippen LogP contribution in [0.3, 0.4) is 0 Å². The Labute approximate surface area is 158 Å². The van der Waals surface area contributed by atoms with Crippen LogP contribution in [0.2, 0.25) is 10.0 Å². The highest BCUT2D eigenvalue weighted by Gasteiger charge is 2.12. The lowest BCUT2D eigenvalue weighted by atomic mass is 10.0. The molecule has 1 heterocycles. The number of hydrogen-bond donors (Lipinski definition) is 0. The molecule has 0 aliphatic rings.